The third-order valence-electron chi connectivity index (χ3n) is 13.5. The zero-order valence-electron chi connectivity index (χ0n) is 49.7. The maximum atomic E-state index is 12.9. The van der Waals surface area contributed by atoms with Crippen molar-refractivity contribution in [2.75, 3.05) is 13.2 Å². The second-order valence-electron chi connectivity index (χ2n) is 20.9. The van der Waals surface area contributed by atoms with Gasteiger partial charge in [-0.25, -0.2) is 0 Å². The van der Waals surface area contributed by atoms with Crippen LogP contribution in [-0.2, 0) is 28.6 Å². The first-order chi connectivity index (χ1) is 37.5. The van der Waals surface area contributed by atoms with E-state index in [9.17, 15) is 14.4 Å². The predicted octanol–water partition coefficient (Wildman–Crippen LogP) is 21.8. The van der Waals surface area contributed by atoms with Crippen LogP contribution in [0.5, 0.6) is 0 Å². The lowest BCUT2D eigenvalue weighted by atomic mass is 10.1. The van der Waals surface area contributed by atoms with Crippen molar-refractivity contribution in [1.82, 2.24) is 0 Å². The predicted molar refractivity (Wildman–Crippen MR) is 330 cm³/mol. The van der Waals surface area contributed by atoms with Crippen molar-refractivity contribution in [2.24, 2.45) is 0 Å². The van der Waals surface area contributed by atoms with Crippen molar-refractivity contribution >= 4 is 17.9 Å². The molecule has 0 aromatic rings. The summed E-state index contributed by atoms with van der Waals surface area (Å²) >= 11 is 0. The molecule has 0 saturated carbocycles. The number of esters is 3. The van der Waals surface area contributed by atoms with Gasteiger partial charge in [0.25, 0.3) is 0 Å². The van der Waals surface area contributed by atoms with Crippen LogP contribution in [0.2, 0.25) is 0 Å². The molecule has 0 aliphatic carbocycles. The van der Waals surface area contributed by atoms with E-state index in [-0.39, 0.29) is 31.1 Å². The van der Waals surface area contributed by atoms with Gasteiger partial charge in [0.15, 0.2) is 6.10 Å². The molecule has 1 atom stereocenters. The Kier molecular flexibility index (Phi) is 60.3. The number of hydrogen-bond donors (Lipinski definition) is 0. The number of ether oxygens (including phenoxy) is 3. The van der Waals surface area contributed by atoms with E-state index in [0.29, 0.717) is 19.3 Å². The van der Waals surface area contributed by atoms with Gasteiger partial charge in [0.1, 0.15) is 13.2 Å². The normalized spacial score (nSPS) is 12.8. The third kappa shape index (κ3) is 60.9. The molecule has 0 rings (SSSR count). The molecule has 0 saturated heterocycles. The molecule has 434 valence electrons. The fourth-order valence-electron chi connectivity index (χ4n) is 8.71. The topological polar surface area (TPSA) is 78.9 Å². The van der Waals surface area contributed by atoms with Crippen LogP contribution in [0.25, 0.3) is 0 Å². The molecule has 0 aromatic heterocycles. The van der Waals surface area contributed by atoms with Crippen LogP contribution in [0.15, 0.2) is 109 Å². The van der Waals surface area contributed by atoms with E-state index in [2.05, 4.69) is 130 Å². The highest BCUT2D eigenvalue weighted by molar-refractivity contribution is 5.71. The van der Waals surface area contributed by atoms with E-state index in [1.807, 2.05) is 0 Å². The van der Waals surface area contributed by atoms with Gasteiger partial charge in [-0.1, -0.05) is 259 Å². The van der Waals surface area contributed by atoms with Crippen LogP contribution in [0, 0.1) is 0 Å². The van der Waals surface area contributed by atoms with E-state index >= 15 is 0 Å². The largest absolute Gasteiger partial charge is 0.462 e. The Balaban J connectivity index is 4.36. The van der Waals surface area contributed by atoms with Crippen molar-refractivity contribution < 1.29 is 28.6 Å². The van der Waals surface area contributed by atoms with E-state index < -0.39 is 6.10 Å². The molecule has 0 bridgehead atoms. The molecule has 76 heavy (non-hydrogen) atoms. The molecule has 6 heteroatoms. The Morgan fingerprint density at radius 3 is 0.842 bits per heavy atom. The quantitative estimate of drug-likeness (QED) is 0.0261. The minimum Gasteiger partial charge on any atom is -0.462 e. The minimum absolute atomic E-state index is 0.0895. The molecule has 0 fully saturated rings. The first-order valence-corrected chi connectivity index (χ1v) is 31.9. The molecule has 6 nitrogen and oxygen atoms in total. The van der Waals surface area contributed by atoms with Gasteiger partial charge >= 0.3 is 17.9 Å². The lowest BCUT2D eigenvalue weighted by Crippen LogP contribution is -2.30. The van der Waals surface area contributed by atoms with E-state index in [1.165, 1.54) is 128 Å². The average molecular weight is 1060 g/mol. The molecular weight excluding hydrogens is 937 g/mol. The van der Waals surface area contributed by atoms with Crippen molar-refractivity contribution in [3.05, 3.63) is 109 Å². The molecule has 0 spiro atoms. The fraction of sp³-hybridized carbons (Fsp3) is 0.700. The molecule has 0 aliphatic rings. The summed E-state index contributed by atoms with van der Waals surface area (Å²) in [5.41, 5.74) is 0. The van der Waals surface area contributed by atoms with Crippen molar-refractivity contribution in [3.63, 3.8) is 0 Å². The monoisotopic (exact) mass is 1050 g/mol. The summed E-state index contributed by atoms with van der Waals surface area (Å²) in [6.45, 7) is 6.49. The standard InChI is InChI=1S/C70H118O6/c1-4-7-10-13-16-19-22-25-27-29-31-32-33-34-35-36-37-38-40-41-43-45-48-51-54-57-60-63-69(72)75-66-67(65-74-68(71)62-59-56-53-50-47-24-21-18-15-12-9-6-3)76-70(73)64-61-58-55-52-49-46-44-42-39-30-28-26-23-20-17-14-11-8-5-2/h7,10,16,18-19,21,25-28,31-32,34-35,37-38,41,43,67H,4-6,8-9,11-15,17,20,22-24,29-30,33,36,39-40,42,44-66H2,1-3H3/b10-7-,19-16-,21-18-,27-25-,28-26-,32-31-,35-34-,38-37-,43-41-. The summed E-state index contributed by atoms with van der Waals surface area (Å²) < 4.78 is 16.9. The second-order valence-corrected chi connectivity index (χ2v) is 20.9. The molecule has 0 heterocycles. The Labute approximate surface area is 470 Å². The molecule has 0 amide bonds. The van der Waals surface area contributed by atoms with Crippen LogP contribution in [0.4, 0.5) is 0 Å². The van der Waals surface area contributed by atoms with Crippen LogP contribution in [0.1, 0.15) is 297 Å². The lowest BCUT2D eigenvalue weighted by Gasteiger charge is -2.18. The number of hydrogen-bond acceptors (Lipinski definition) is 6. The first-order valence-electron chi connectivity index (χ1n) is 31.9. The van der Waals surface area contributed by atoms with Gasteiger partial charge in [0.2, 0.25) is 0 Å². The van der Waals surface area contributed by atoms with E-state index in [0.717, 1.165) is 128 Å². The van der Waals surface area contributed by atoms with E-state index in [1.54, 1.807) is 0 Å². The zero-order chi connectivity index (χ0) is 55.0. The maximum absolute atomic E-state index is 12.9. The Morgan fingerprint density at radius 2 is 0.513 bits per heavy atom. The van der Waals surface area contributed by atoms with Gasteiger partial charge in [0.05, 0.1) is 0 Å². The van der Waals surface area contributed by atoms with Crippen molar-refractivity contribution in [1.29, 1.82) is 0 Å². The van der Waals surface area contributed by atoms with Gasteiger partial charge in [-0.15, -0.1) is 0 Å². The summed E-state index contributed by atoms with van der Waals surface area (Å²) in [7, 11) is 0. The second kappa shape index (κ2) is 63.6. The smallest absolute Gasteiger partial charge is 0.306 e. The Morgan fingerprint density at radius 1 is 0.276 bits per heavy atom. The van der Waals surface area contributed by atoms with Gasteiger partial charge < -0.3 is 14.2 Å². The van der Waals surface area contributed by atoms with E-state index in [4.69, 9.17) is 14.2 Å². The SMILES string of the molecule is CC/C=C\C/C=C\C/C=C\C/C=C\C/C=C\C/C=C\C/C=C\CCCCCCCC(=O)OCC(COC(=O)CCCCCCC/C=C\CCCCC)OC(=O)CCCCCCCCCCC/C=C\CCCCCCCC. The van der Waals surface area contributed by atoms with Gasteiger partial charge in [-0.2, -0.15) is 0 Å². The fourth-order valence-corrected chi connectivity index (χ4v) is 8.71. The van der Waals surface area contributed by atoms with Crippen LogP contribution < -0.4 is 0 Å². The highest BCUT2D eigenvalue weighted by Crippen LogP contribution is 2.15. The molecule has 0 N–H and O–H groups in total. The summed E-state index contributed by atoms with van der Waals surface area (Å²) in [6, 6.07) is 0. The summed E-state index contributed by atoms with van der Waals surface area (Å²) in [5.74, 6) is -0.914. The van der Waals surface area contributed by atoms with Crippen LogP contribution in [0.3, 0.4) is 0 Å². The van der Waals surface area contributed by atoms with Crippen LogP contribution in [-0.4, -0.2) is 37.2 Å². The van der Waals surface area contributed by atoms with Gasteiger partial charge in [0, 0.05) is 19.3 Å². The highest BCUT2D eigenvalue weighted by Gasteiger charge is 2.19. The number of allylic oxidation sites excluding steroid dienone is 18. The average Bonchev–Trinajstić information content (AvgIpc) is 3.42. The highest BCUT2D eigenvalue weighted by atomic mass is 16.6. The zero-order valence-corrected chi connectivity index (χ0v) is 49.7. The molecule has 0 aliphatic heterocycles. The molecular formula is C70H118O6. The van der Waals surface area contributed by atoms with Gasteiger partial charge in [-0.05, 0) is 128 Å². The van der Waals surface area contributed by atoms with Crippen LogP contribution >= 0.6 is 0 Å². The van der Waals surface area contributed by atoms with Gasteiger partial charge in [-0.3, -0.25) is 14.4 Å². The Bertz CT molecular complexity index is 1540. The minimum atomic E-state index is -0.793. The number of carbonyl (C=O) groups is 3. The Hall–Kier alpha value is -3.93. The number of rotatable bonds is 57. The summed E-state index contributed by atoms with van der Waals surface area (Å²) in [4.78, 5) is 38.3. The van der Waals surface area contributed by atoms with Crippen molar-refractivity contribution in [3.8, 4) is 0 Å². The number of carbonyl (C=O) groups excluding carboxylic acids is 3. The first kappa shape index (κ1) is 72.1. The summed E-state index contributed by atoms with van der Waals surface area (Å²) in [6.07, 6.45) is 86.6. The molecule has 1 unspecified atom stereocenters. The van der Waals surface area contributed by atoms with Crippen molar-refractivity contribution in [2.45, 2.75) is 303 Å². The molecule has 0 radical (unpaired) electrons. The summed E-state index contributed by atoms with van der Waals surface area (Å²) in [5, 5.41) is 0. The lowest BCUT2D eigenvalue weighted by molar-refractivity contribution is -0.167. The third-order valence-corrected chi connectivity index (χ3v) is 13.5. The maximum Gasteiger partial charge on any atom is 0.306 e. The number of unbranched alkanes of at least 4 members (excludes halogenated alkanes) is 28. The molecule has 0 aromatic carbocycles.